The summed E-state index contributed by atoms with van der Waals surface area (Å²) in [4.78, 5) is 15.6. The Morgan fingerprint density at radius 2 is 1.94 bits per heavy atom. The molecule has 0 saturated carbocycles. The second-order valence-electron chi connectivity index (χ2n) is 9.90. The van der Waals surface area contributed by atoms with Crippen LogP contribution in [0.3, 0.4) is 0 Å². The molecule has 1 fully saturated rings. The van der Waals surface area contributed by atoms with E-state index in [0.29, 0.717) is 62.5 Å². The van der Waals surface area contributed by atoms with Gasteiger partial charge in [-0.05, 0) is 60.1 Å². The number of methoxy groups -OCH3 is 1. The number of hydrogen-bond donors (Lipinski definition) is 2. The fourth-order valence-corrected chi connectivity index (χ4v) is 6.19. The summed E-state index contributed by atoms with van der Waals surface area (Å²) in [5, 5.41) is 0.876. The standard InChI is InChI=1S/C27H36FN3O3S/c1-34-14-13-31-17-23(26-21(18-35(2,3)33)5-4-6-25(26)31)27(32)30-11-9-20(10-12-30)22-15-19(16-29)7-8-24(22)28/h4-8,15,17,20,35H,9-14,16,18,29H2,1-3H3. The molecular weight excluding hydrogens is 465 g/mol. The Bertz CT molecular complexity index is 1260. The molecule has 0 atom stereocenters. The van der Waals surface area contributed by atoms with Crippen molar-refractivity contribution in [3.05, 3.63) is 70.7 Å². The summed E-state index contributed by atoms with van der Waals surface area (Å²) in [7, 11) is -0.687. The first-order chi connectivity index (χ1) is 16.7. The third-order valence-electron chi connectivity index (χ3n) is 6.83. The van der Waals surface area contributed by atoms with Gasteiger partial charge >= 0.3 is 0 Å². The molecule has 190 valence electrons. The highest BCUT2D eigenvalue weighted by Crippen LogP contribution is 2.33. The minimum Gasteiger partial charge on any atom is -0.383 e. The van der Waals surface area contributed by atoms with Crippen LogP contribution in [0.4, 0.5) is 4.39 Å². The number of hydrogen-bond acceptors (Lipinski definition) is 4. The van der Waals surface area contributed by atoms with Gasteiger partial charge in [-0.25, -0.2) is 4.39 Å². The number of rotatable bonds is 8. The maximum absolute atomic E-state index is 14.5. The van der Waals surface area contributed by atoms with E-state index in [9.17, 15) is 13.4 Å². The van der Waals surface area contributed by atoms with Crippen LogP contribution in [0.2, 0.25) is 0 Å². The largest absolute Gasteiger partial charge is 0.383 e. The number of thiol groups is 1. The quantitative estimate of drug-likeness (QED) is 0.462. The van der Waals surface area contributed by atoms with E-state index >= 15 is 0 Å². The lowest BCUT2D eigenvalue weighted by Crippen LogP contribution is -2.38. The number of carbonyl (C=O) groups excluding carboxylic acids is 1. The van der Waals surface area contributed by atoms with E-state index in [-0.39, 0.29) is 17.6 Å². The number of likely N-dealkylation sites (tertiary alicyclic amines) is 1. The van der Waals surface area contributed by atoms with Crippen molar-refractivity contribution in [3.8, 4) is 0 Å². The van der Waals surface area contributed by atoms with E-state index < -0.39 is 9.93 Å². The van der Waals surface area contributed by atoms with Gasteiger partial charge in [-0.1, -0.05) is 24.3 Å². The van der Waals surface area contributed by atoms with Crippen LogP contribution in [0.5, 0.6) is 0 Å². The van der Waals surface area contributed by atoms with Crippen LogP contribution in [0.25, 0.3) is 10.9 Å². The number of amides is 1. The molecule has 1 aromatic heterocycles. The van der Waals surface area contributed by atoms with Crippen molar-refractivity contribution < 1.29 is 18.1 Å². The summed E-state index contributed by atoms with van der Waals surface area (Å²) < 4.78 is 34.5. The summed E-state index contributed by atoms with van der Waals surface area (Å²) in [5.74, 6) is 0.268. The number of aromatic nitrogens is 1. The Kier molecular flexibility index (Phi) is 7.73. The summed E-state index contributed by atoms with van der Waals surface area (Å²) in [6.07, 6.45) is 6.86. The Morgan fingerprint density at radius 3 is 2.60 bits per heavy atom. The maximum atomic E-state index is 14.5. The molecule has 0 bridgehead atoms. The summed E-state index contributed by atoms with van der Waals surface area (Å²) in [6.45, 7) is 2.65. The van der Waals surface area contributed by atoms with Crippen molar-refractivity contribution in [2.75, 3.05) is 39.3 Å². The molecule has 1 aliphatic heterocycles. The third kappa shape index (κ3) is 5.66. The lowest BCUT2D eigenvalue weighted by Gasteiger charge is -2.32. The molecule has 0 aliphatic carbocycles. The molecule has 0 spiro atoms. The van der Waals surface area contributed by atoms with Crippen LogP contribution < -0.4 is 5.73 Å². The average Bonchev–Trinajstić information content (AvgIpc) is 3.21. The SMILES string of the molecule is COCCn1cc(C(=O)N2CCC(c3cc(CN)ccc3F)CC2)c2c(C[SH](C)(C)=O)cccc21. The number of piperidine rings is 1. The molecule has 0 radical (unpaired) electrons. The number of nitrogens with two attached hydrogens (primary N) is 1. The van der Waals surface area contributed by atoms with Crippen molar-refractivity contribution >= 4 is 26.7 Å². The van der Waals surface area contributed by atoms with Gasteiger partial charge in [-0.3, -0.25) is 9.00 Å². The summed E-state index contributed by atoms with van der Waals surface area (Å²) in [5.41, 5.74) is 9.88. The zero-order valence-corrected chi connectivity index (χ0v) is 21.7. The van der Waals surface area contributed by atoms with E-state index in [4.69, 9.17) is 10.5 Å². The van der Waals surface area contributed by atoms with Gasteiger partial charge in [0.1, 0.15) is 5.82 Å². The van der Waals surface area contributed by atoms with Gasteiger partial charge in [0.05, 0.1) is 12.2 Å². The Morgan fingerprint density at radius 1 is 1.20 bits per heavy atom. The van der Waals surface area contributed by atoms with Crippen LogP contribution >= 0.6 is 0 Å². The number of benzene rings is 2. The second kappa shape index (κ2) is 10.6. The first kappa shape index (κ1) is 25.5. The van der Waals surface area contributed by atoms with Crippen LogP contribution in [-0.4, -0.2) is 58.9 Å². The molecule has 8 heteroatoms. The Hall–Kier alpha value is -2.55. The highest BCUT2D eigenvalue weighted by atomic mass is 32.2. The summed E-state index contributed by atoms with van der Waals surface area (Å²) in [6, 6.07) is 11.0. The van der Waals surface area contributed by atoms with Crippen molar-refractivity contribution in [1.82, 2.24) is 9.47 Å². The number of carbonyl (C=O) groups is 1. The number of ether oxygens (including phenoxy) is 1. The van der Waals surface area contributed by atoms with Gasteiger partial charge < -0.3 is 19.9 Å². The lowest BCUT2D eigenvalue weighted by atomic mass is 9.88. The Labute approximate surface area is 207 Å². The molecule has 0 unspecified atom stereocenters. The minimum atomic E-state index is -2.34. The first-order valence-corrected chi connectivity index (χ1v) is 14.9. The molecule has 6 nitrogen and oxygen atoms in total. The van der Waals surface area contributed by atoms with Gasteiger partial charge in [0.25, 0.3) is 5.91 Å². The van der Waals surface area contributed by atoms with Crippen molar-refractivity contribution in [2.45, 2.75) is 37.6 Å². The van der Waals surface area contributed by atoms with E-state index in [0.717, 1.165) is 22.0 Å². The smallest absolute Gasteiger partial charge is 0.256 e. The number of nitrogens with zero attached hydrogens (tertiary/aromatic N) is 2. The van der Waals surface area contributed by atoms with Gasteiger partial charge in [-0.15, -0.1) is 9.93 Å². The third-order valence-corrected chi connectivity index (χ3v) is 7.93. The van der Waals surface area contributed by atoms with Crippen LogP contribution in [-0.2, 0) is 33.5 Å². The normalized spacial score (nSPS) is 15.6. The zero-order chi connectivity index (χ0) is 25.2. The van der Waals surface area contributed by atoms with Crippen LogP contribution in [0, 0.1) is 5.82 Å². The fraction of sp³-hybridized carbons (Fsp3) is 0.444. The zero-order valence-electron chi connectivity index (χ0n) is 20.8. The predicted octanol–water partition coefficient (Wildman–Crippen LogP) is 3.68. The molecule has 2 aromatic carbocycles. The highest BCUT2D eigenvalue weighted by Gasteiger charge is 2.29. The Balaban J connectivity index is 1.62. The van der Waals surface area contributed by atoms with Crippen molar-refractivity contribution in [1.29, 1.82) is 0 Å². The first-order valence-electron chi connectivity index (χ1n) is 12.1. The number of halogens is 1. The molecule has 1 aliphatic rings. The van der Waals surface area contributed by atoms with Crippen molar-refractivity contribution in [3.63, 3.8) is 0 Å². The molecule has 1 saturated heterocycles. The highest BCUT2D eigenvalue weighted by molar-refractivity contribution is 8.01. The average molecular weight is 502 g/mol. The number of fused-ring (bicyclic) bond motifs is 1. The van der Waals surface area contributed by atoms with E-state index in [1.807, 2.05) is 39.9 Å². The monoisotopic (exact) mass is 501 g/mol. The molecule has 1 amide bonds. The molecule has 2 heterocycles. The predicted molar refractivity (Wildman–Crippen MR) is 141 cm³/mol. The molecule has 2 N–H and O–H groups in total. The van der Waals surface area contributed by atoms with Gasteiger partial charge in [0.15, 0.2) is 0 Å². The van der Waals surface area contributed by atoms with Gasteiger partial charge in [0.2, 0.25) is 0 Å². The molecule has 3 aromatic rings. The van der Waals surface area contributed by atoms with Crippen molar-refractivity contribution in [2.24, 2.45) is 5.73 Å². The lowest BCUT2D eigenvalue weighted by molar-refractivity contribution is 0.0714. The van der Waals surface area contributed by atoms with E-state index in [2.05, 4.69) is 0 Å². The molecule has 4 rings (SSSR count). The maximum Gasteiger partial charge on any atom is 0.256 e. The van der Waals surface area contributed by atoms with Gasteiger partial charge in [0, 0.05) is 56.1 Å². The van der Waals surface area contributed by atoms with E-state index in [1.54, 1.807) is 25.7 Å². The second-order valence-corrected chi connectivity index (χ2v) is 13.4. The topological polar surface area (TPSA) is 77.6 Å². The molecular formula is C27H36FN3O3S. The minimum absolute atomic E-state index is 0.0321. The van der Waals surface area contributed by atoms with Crippen LogP contribution in [0.1, 0.15) is 45.8 Å². The van der Waals surface area contributed by atoms with Crippen LogP contribution in [0.15, 0.2) is 42.6 Å². The summed E-state index contributed by atoms with van der Waals surface area (Å²) >= 11 is 0. The molecule has 35 heavy (non-hydrogen) atoms. The fourth-order valence-electron chi connectivity index (χ4n) is 5.10. The van der Waals surface area contributed by atoms with Gasteiger partial charge in [-0.2, -0.15) is 0 Å². The van der Waals surface area contributed by atoms with E-state index in [1.165, 1.54) is 6.07 Å².